The number of nitrogens with one attached hydrogen (secondary N) is 1. The Morgan fingerprint density at radius 3 is 2.60 bits per heavy atom. The first-order valence-electron chi connectivity index (χ1n) is 9.23. The number of hydrogen-bond donors (Lipinski definition) is 1. The monoisotopic (exact) mass is 358 g/mol. The van der Waals surface area contributed by atoms with Crippen LogP contribution in [0.1, 0.15) is 19.4 Å². The molecule has 1 unspecified atom stereocenters. The average Bonchev–Trinajstić information content (AvgIpc) is 3.18. The molecule has 3 rings (SSSR count). The van der Waals surface area contributed by atoms with E-state index in [1.54, 1.807) is 0 Å². The standard InChI is InChI=1S/C20H30N4S/c1-16(2)19-15-24(12-13-25-19)20(21-3)22-14-17-6-8-18(9-7-17)23-10-4-5-11-23/h4-9,16,19H,10-15H2,1-3H3,(H,21,22). The smallest absolute Gasteiger partial charge is 0.193 e. The minimum Gasteiger partial charge on any atom is -0.364 e. The van der Waals surface area contributed by atoms with Crippen LogP contribution in [0.15, 0.2) is 41.4 Å². The van der Waals surface area contributed by atoms with Crippen molar-refractivity contribution < 1.29 is 0 Å². The van der Waals surface area contributed by atoms with Gasteiger partial charge in [-0.25, -0.2) is 0 Å². The van der Waals surface area contributed by atoms with E-state index in [9.17, 15) is 0 Å². The van der Waals surface area contributed by atoms with Crippen LogP contribution in [0.5, 0.6) is 0 Å². The molecule has 1 N–H and O–H groups in total. The zero-order valence-electron chi connectivity index (χ0n) is 15.6. The van der Waals surface area contributed by atoms with Crippen LogP contribution in [-0.4, -0.2) is 55.1 Å². The molecular formula is C20H30N4S. The fourth-order valence-corrected chi connectivity index (χ4v) is 4.60. The molecule has 1 atom stereocenters. The largest absolute Gasteiger partial charge is 0.364 e. The molecule has 0 bridgehead atoms. The van der Waals surface area contributed by atoms with Crippen molar-refractivity contribution in [1.29, 1.82) is 0 Å². The molecule has 0 amide bonds. The summed E-state index contributed by atoms with van der Waals surface area (Å²) in [5.74, 6) is 2.92. The van der Waals surface area contributed by atoms with Crippen molar-refractivity contribution >= 4 is 23.4 Å². The van der Waals surface area contributed by atoms with Gasteiger partial charge in [-0.1, -0.05) is 38.1 Å². The fourth-order valence-electron chi connectivity index (χ4n) is 3.30. The summed E-state index contributed by atoms with van der Waals surface area (Å²) in [6.07, 6.45) is 4.45. The highest BCUT2D eigenvalue weighted by Gasteiger charge is 2.24. The molecule has 136 valence electrons. The van der Waals surface area contributed by atoms with Crippen LogP contribution in [0, 0.1) is 5.92 Å². The number of anilines is 1. The van der Waals surface area contributed by atoms with Gasteiger partial charge in [0.05, 0.1) is 0 Å². The van der Waals surface area contributed by atoms with Gasteiger partial charge < -0.3 is 15.1 Å². The van der Waals surface area contributed by atoms with Gasteiger partial charge in [0.1, 0.15) is 0 Å². The molecule has 1 aromatic rings. The van der Waals surface area contributed by atoms with Crippen LogP contribution >= 0.6 is 11.8 Å². The number of rotatable bonds is 4. The lowest BCUT2D eigenvalue weighted by molar-refractivity contribution is 0.380. The third-order valence-electron chi connectivity index (χ3n) is 4.92. The van der Waals surface area contributed by atoms with E-state index in [2.05, 4.69) is 82.1 Å². The second-order valence-electron chi connectivity index (χ2n) is 7.04. The number of aliphatic imine (C=N–C) groups is 1. The molecule has 0 aromatic heterocycles. The van der Waals surface area contributed by atoms with Crippen LogP contribution in [0.4, 0.5) is 5.69 Å². The summed E-state index contributed by atoms with van der Waals surface area (Å²) in [7, 11) is 1.89. The van der Waals surface area contributed by atoms with E-state index in [-0.39, 0.29) is 0 Å². The topological polar surface area (TPSA) is 30.9 Å². The van der Waals surface area contributed by atoms with Gasteiger partial charge in [0.15, 0.2) is 5.96 Å². The molecule has 1 aromatic carbocycles. The second-order valence-corrected chi connectivity index (χ2v) is 8.39. The summed E-state index contributed by atoms with van der Waals surface area (Å²) in [4.78, 5) is 9.28. The van der Waals surface area contributed by atoms with Crippen LogP contribution in [-0.2, 0) is 6.54 Å². The van der Waals surface area contributed by atoms with E-state index in [1.165, 1.54) is 17.0 Å². The number of hydrogen-bond acceptors (Lipinski definition) is 3. The molecule has 25 heavy (non-hydrogen) atoms. The molecule has 0 saturated carbocycles. The van der Waals surface area contributed by atoms with Gasteiger partial charge in [-0.3, -0.25) is 4.99 Å². The Morgan fingerprint density at radius 2 is 1.96 bits per heavy atom. The van der Waals surface area contributed by atoms with Crippen molar-refractivity contribution in [3.05, 3.63) is 42.0 Å². The molecule has 1 fully saturated rings. The summed E-state index contributed by atoms with van der Waals surface area (Å²) in [5, 5.41) is 4.24. The average molecular weight is 359 g/mol. The van der Waals surface area contributed by atoms with E-state index in [0.29, 0.717) is 11.2 Å². The Balaban J connectivity index is 1.54. The maximum Gasteiger partial charge on any atom is 0.193 e. The van der Waals surface area contributed by atoms with Gasteiger partial charge in [-0.15, -0.1) is 0 Å². The normalized spacial score (nSPS) is 21.3. The third-order valence-corrected chi connectivity index (χ3v) is 6.46. The van der Waals surface area contributed by atoms with Crippen molar-refractivity contribution in [2.24, 2.45) is 10.9 Å². The van der Waals surface area contributed by atoms with Crippen molar-refractivity contribution in [2.45, 2.75) is 25.6 Å². The van der Waals surface area contributed by atoms with Gasteiger partial charge >= 0.3 is 0 Å². The SMILES string of the molecule is CN=C(NCc1ccc(N2CC=CC2)cc1)N1CCSC(C(C)C)C1. The zero-order chi connectivity index (χ0) is 17.6. The number of nitrogens with zero attached hydrogens (tertiary/aromatic N) is 3. The molecule has 2 heterocycles. The second kappa shape index (κ2) is 8.65. The van der Waals surface area contributed by atoms with Gasteiger partial charge in [0.2, 0.25) is 0 Å². The van der Waals surface area contributed by atoms with Crippen molar-refractivity contribution in [2.75, 3.05) is 43.9 Å². The van der Waals surface area contributed by atoms with Gasteiger partial charge in [0.25, 0.3) is 0 Å². The molecule has 0 spiro atoms. The first-order chi connectivity index (χ1) is 12.2. The van der Waals surface area contributed by atoms with Crippen LogP contribution in [0.3, 0.4) is 0 Å². The van der Waals surface area contributed by atoms with Gasteiger partial charge in [-0.2, -0.15) is 11.8 Å². The first-order valence-corrected chi connectivity index (χ1v) is 10.3. The Bertz CT molecular complexity index is 601. The van der Waals surface area contributed by atoms with Crippen LogP contribution < -0.4 is 10.2 Å². The summed E-state index contributed by atoms with van der Waals surface area (Å²) in [6.45, 7) is 9.66. The fraction of sp³-hybridized carbons (Fsp3) is 0.550. The summed E-state index contributed by atoms with van der Waals surface area (Å²) in [6, 6.07) is 8.88. The highest BCUT2D eigenvalue weighted by molar-refractivity contribution is 8.00. The predicted octanol–water partition coefficient (Wildman–Crippen LogP) is 3.21. The molecule has 1 saturated heterocycles. The van der Waals surface area contributed by atoms with Crippen LogP contribution in [0.25, 0.3) is 0 Å². The summed E-state index contributed by atoms with van der Waals surface area (Å²) < 4.78 is 0. The Kier molecular flexibility index (Phi) is 6.29. The third kappa shape index (κ3) is 4.72. The molecule has 2 aliphatic rings. The van der Waals surface area contributed by atoms with E-state index >= 15 is 0 Å². The van der Waals surface area contributed by atoms with E-state index in [4.69, 9.17) is 0 Å². The van der Waals surface area contributed by atoms with Gasteiger partial charge in [-0.05, 0) is 23.6 Å². The predicted molar refractivity (Wildman–Crippen MR) is 111 cm³/mol. The Labute approximate surface area is 156 Å². The zero-order valence-corrected chi connectivity index (χ0v) is 16.4. The lowest BCUT2D eigenvalue weighted by Gasteiger charge is -2.36. The number of thioether (sulfide) groups is 1. The minimum atomic E-state index is 0.695. The van der Waals surface area contributed by atoms with E-state index < -0.39 is 0 Å². The Morgan fingerprint density at radius 1 is 1.24 bits per heavy atom. The minimum absolute atomic E-state index is 0.695. The van der Waals surface area contributed by atoms with Crippen molar-refractivity contribution in [3.63, 3.8) is 0 Å². The van der Waals surface area contributed by atoms with E-state index in [1.807, 2.05) is 7.05 Å². The van der Waals surface area contributed by atoms with Crippen LogP contribution in [0.2, 0.25) is 0 Å². The van der Waals surface area contributed by atoms with Gasteiger partial charge in [0, 0.05) is 56.5 Å². The highest BCUT2D eigenvalue weighted by Crippen LogP contribution is 2.25. The summed E-state index contributed by atoms with van der Waals surface area (Å²) >= 11 is 2.10. The highest BCUT2D eigenvalue weighted by atomic mass is 32.2. The molecule has 5 heteroatoms. The molecular weight excluding hydrogens is 328 g/mol. The molecule has 0 aliphatic carbocycles. The molecule has 0 radical (unpaired) electrons. The maximum atomic E-state index is 4.51. The number of guanidine groups is 1. The molecule has 4 nitrogen and oxygen atoms in total. The summed E-state index contributed by atoms with van der Waals surface area (Å²) in [5.41, 5.74) is 2.59. The molecule has 2 aliphatic heterocycles. The quantitative estimate of drug-likeness (QED) is 0.509. The first kappa shape index (κ1) is 18.2. The van der Waals surface area contributed by atoms with E-state index in [0.717, 1.165) is 38.7 Å². The van der Waals surface area contributed by atoms with Crippen molar-refractivity contribution in [3.8, 4) is 0 Å². The lowest BCUT2D eigenvalue weighted by Crippen LogP contribution is -2.48. The Hall–Kier alpha value is -1.62. The lowest BCUT2D eigenvalue weighted by atomic mass is 10.1. The van der Waals surface area contributed by atoms with Crippen molar-refractivity contribution in [1.82, 2.24) is 10.2 Å². The number of benzene rings is 1. The maximum absolute atomic E-state index is 4.51.